The highest BCUT2D eigenvalue weighted by Gasteiger charge is 2.08. The van der Waals surface area contributed by atoms with Gasteiger partial charge in [0.15, 0.2) is 4.34 Å². The highest BCUT2D eigenvalue weighted by Crippen LogP contribution is 2.30. The molecule has 0 saturated carbocycles. The lowest BCUT2D eigenvalue weighted by atomic mass is 10.3. The fourth-order valence-corrected chi connectivity index (χ4v) is 3.64. The number of carbonyl (C=O) groups excluding carboxylic acids is 1. The highest BCUT2D eigenvalue weighted by atomic mass is 32.2. The first kappa shape index (κ1) is 13.8. The molecule has 0 radical (unpaired) electrons. The number of anilines is 2. The molecule has 3 aromatic rings. The van der Waals surface area contributed by atoms with Gasteiger partial charge in [-0.1, -0.05) is 17.8 Å². The van der Waals surface area contributed by atoms with E-state index in [0.717, 1.165) is 20.2 Å². The van der Waals surface area contributed by atoms with Gasteiger partial charge in [-0.15, -0.1) is 11.3 Å². The molecule has 0 fully saturated rings. The van der Waals surface area contributed by atoms with Crippen LogP contribution < -0.4 is 11.1 Å². The summed E-state index contributed by atoms with van der Waals surface area (Å²) in [5.41, 5.74) is 7.36. The second kappa shape index (κ2) is 6.11. The number of thioether (sulfide) groups is 1. The van der Waals surface area contributed by atoms with E-state index in [-0.39, 0.29) is 5.91 Å². The molecule has 5 nitrogen and oxygen atoms in total. The van der Waals surface area contributed by atoms with E-state index in [1.807, 2.05) is 24.3 Å². The van der Waals surface area contributed by atoms with E-state index in [4.69, 9.17) is 5.73 Å². The number of rotatable bonds is 4. The molecule has 0 bridgehead atoms. The number of aromatic nitrogens is 2. The van der Waals surface area contributed by atoms with E-state index < -0.39 is 0 Å². The van der Waals surface area contributed by atoms with Crippen LogP contribution in [-0.2, 0) is 4.79 Å². The standard InChI is InChI=1S/C14H12N4OS2/c15-9-4-5-10-11(7-9)21-14(17-10)20-8-13(19)18-12-3-1-2-6-16-12/h1-7H,8,15H2,(H,16,18,19). The van der Waals surface area contributed by atoms with Gasteiger partial charge in [-0.2, -0.15) is 0 Å². The zero-order valence-electron chi connectivity index (χ0n) is 10.9. The maximum Gasteiger partial charge on any atom is 0.235 e. The molecule has 1 amide bonds. The first-order valence-electron chi connectivity index (χ1n) is 6.20. The molecule has 3 rings (SSSR count). The van der Waals surface area contributed by atoms with E-state index in [2.05, 4.69) is 15.3 Å². The number of hydrogen-bond donors (Lipinski definition) is 2. The van der Waals surface area contributed by atoms with Crippen LogP contribution in [0.15, 0.2) is 46.9 Å². The molecule has 0 saturated heterocycles. The van der Waals surface area contributed by atoms with E-state index >= 15 is 0 Å². The van der Waals surface area contributed by atoms with Gasteiger partial charge in [0.05, 0.1) is 16.0 Å². The minimum Gasteiger partial charge on any atom is -0.399 e. The minimum atomic E-state index is -0.0996. The Labute approximate surface area is 129 Å². The second-order valence-corrected chi connectivity index (χ2v) is 6.51. The van der Waals surface area contributed by atoms with Gasteiger partial charge in [0.25, 0.3) is 0 Å². The summed E-state index contributed by atoms with van der Waals surface area (Å²) in [7, 11) is 0. The minimum absolute atomic E-state index is 0.0996. The summed E-state index contributed by atoms with van der Waals surface area (Å²) in [6.07, 6.45) is 1.64. The monoisotopic (exact) mass is 316 g/mol. The van der Waals surface area contributed by atoms with Crippen LogP contribution in [0.4, 0.5) is 11.5 Å². The van der Waals surface area contributed by atoms with Gasteiger partial charge >= 0.3 is 0 Å². The molecule has 3 N–H and O–H groups in total. The number of amides is 1. The molecule has 2 heterocycles. The molecule has 7 heteroatoms. The van der Waals surface area contributed by atoms with Crippen molar-refractivity contribution in [3.05, 3.63) is 42.6 Å². The molecule has 0 atom stereocenters. The van der Waals surface area contributed by atoms with Crippen LogP contribution in [0.25, 0.3) is 10.2 Å². The molecular formula is C14H12N4OS2. The van der Waals surface area contributed by atoms with Crippen LogP contribution in [0.2, 0.25) is 0 Å². The molecule has 106 valence electrons. The van der Waals surface area contributed by atoms with Crippen molar-refractivity contribution < 1.29 is 4.79 Å². The van der Waals surface area contributed by atoms with Crippen molar-refractivity contribution in [2.24, 2.45) is 0 Å². The summed E-state index contributed by atoms with van der Waals surface area (Å²) >= 11 is 2.94. The Balaban J connectivity index is 1.62. The van der Waals surface area contributed by atoms with Crippen molar-refractivity contribution in [1.82, 2.24) is 9.97 Å². The van der Waals surface area contributed by atoms with Gasteiger partial charge in [-0.3, -0.25) is 4.79 Å². The summed E-state index contributed by atoms with van der Waals surface area (Å²) < 4.78 is 1.88. The third-order valence-corrected chi connectivity index (χ3v) is 4.81. The number of nitrogen functional groups attached to an aromatic ring is 1. The number of fused-ring (bicyclic) bond motifs is 1. The zero-order valence-corrected chi connectivity index (χ0v) is 12.6. The smallest absolute Gasteiger partial charge is 0.235 e. The predicted molar refractivity (Wildman–Crippen MR) is 87.6 cm³/mol. The van der Waals surface area contributed by atoms with Crippen LogP contribution in [0.5, 0.6) is 0 Å². The van der Waals surface area contributed by atoms with Crippen molar-refractivity contribution in [3.63, 3.8) is 0 Å². The van der Waals surface area contributed by atoms with Crippen molar-refractivity contribution >= 4 is 50.7 Å². The summed E-state index contributed by atoms with van der Waals surface area (Å²) in [5.74, 6) is 0.754. The van der Waals surface area contributed by atoms with Crippen molar-refractivity contribution in [2.45, 2.75) is 4.34 Å². The van der Waals surface area contributed by atoms with E-state index in [0.29, 0.717) is 11.6 Å². The maximum absolute atomic E-state index is 11.8. The number of pyridine rings is 1. The van der Waals surface area contributed by atoms with Crippen LogP contribution >= 0.6 is 23.1 Å². The Hall–Kier alpha value is -2.12. The Morgan fingerprint density at radius 2 is 2.24 bits per heavy atom. The van der Waals surface area contributed by atoms with E-state index in [9.17, 15) is 4.79 Å². The summed E-state index contributed by atoms with van der Waals surface area (Å²) in [6.45, 7) is 0. The third kappa shape index (κ3) is 3.50. The summed E-state index contributed by atoms with van der Waals surface area (Å²) in [4.78, 5) is 20.4. The fraction of sp³-hybridized carbons (Fsp3) is 0.0714. The fourth-order valence-electron chi connectivity index (χ4n) is 1.72. The number of nitrogens with one attached hydrogen (secondary N) is 1. The maximum atomic E-state index is 11.8. The topological polar surface area (TPSA) is 80.9 Å². The number of nitrogens with zero attached hydrogens (tertiary/aromatic N) is 2. The molecule has 0 aliphatic heterocycles. The lowest BCUT2D eigenvalue weighted by molar-refractivity contribution is -0.113. The normalized spacial score (nSPS) is 10.7. The van der Waals surface area contributed by atoms with Gasteiger partial charge in [-0.25, -0.2) is 9.97 Å². The molecule has 21 heavy (non-hydrogen) atoms. The number of nitrogens with two attached hydrogens (primary N) is 1. The van der Waals surface area contributed by atoms with Crippen LogP contribution in [-0.4, -0.2) is 21.6 Å². The Morgan fingerprint density at radius 1 is 1.33 bits per heavy atom. The van der Waals surface area contributed by atoms with E-state index in [1.54, 1.807) is 18.3 Å². The molecule has 0 aliphatic carbocycles. The Kier molecular flexibility index (Phi) is 4.03. The van der Waals surface area contributed by atoms with Gasteiger partial charge in [0.1, 0.15) is 5.82 Å². The van der Waals surface area contributed by atoms with Crippen LogP contribution in [0, 0.1) is 0 Å². The van der Waals surface area contributed by atoms with Crippen LogP contribution in [0.1, 0.15) is 0 Å². The Morgan fingerprint density at radius 3 is 3.05 bits per heavy atom. The predicted octanol–water partition coefficient (Wildman–Crippen LogP) is 3.00. The highest BCUT2D eigenvalue weighted by molar-refractivity contribution is 8.01. The van der Waals surface area contributed by atoms with Crippen molar-refractivity contribution in [3.8, 4) is 0 Å². The average Bonchev–Trinajstić information content (AvgIpc) is 2.88. The molecular weight excluding hydrogens is 304 g/mol. The first-order chi connectivity index (χ1) is 10.2. The largest absolute Gasteiger partial charge is 0.399 e. The van der Waals surface area contributed by atoms with Gasteiger partial charge < -0.3 is 11.1 Å². The number of thiazole rings is 1. The lowest BCUT2D eigenvalue weighted by Crippen LogP contribution is -2.14. The molecule has 1 aromatic carbocycles. The molecule has 2 aromatic heterocycles. The third-order valence-electron chi connectivity index (χ3n) is 2.65. The average molecular weight is 316 g/mol. The molecule has 0 aliphatic rings. The van der Waals surface area contributed by atoms with Gasteiger partial charge in [0.2, 0.25) is 5.91 Å². The number of benzene rings is 1. The van der Waals surface area contributed by atoms with Crippen LogP contribution in [0.3, 0.4) is 0 Å². The quantitative estimate of drug-likeness (QED) is 0.571. The van der Waals surface area contributed by atoms with Gasteiger partial charge in [0, 0.05) is 11.9 Å². The lowest BCUT2D eigenvalue weighted by Gasteiger charge is -2.02. The number of carbonyl (C=O) groups is 1. The molecule has 0 spiro atoms. The van der Waals surface area contributed by atoms with Crippen molar-refractivity contribution in [2.75, 3.05) is 16.8 Å². The number of hydrogen-bond acceptors (Lipinski definition) is 6. The van der Waals surface area contributed by atoms with Gasteiger partial charge in [-0.05, 0) is 30.3 Å². The zero-order chi connectivity index (χ0) is 14.7. The second-order valence-electron chi connectivity index (χ2n) is 4.26. The SMILES string of the molecule is Nc1ccc2nc(SCC(=O)Nc3ccccn3)sc2c1. The summed E-state index contributed by atoms with van der Waals surface area (Å²) in [5, 5.41) is 2.74. The first-order valence-corrected chi connectivity index (χ1v) is 8.01. The van der Waals surface area contributed by atoms with E-state index in [1.165, 1.54) is 23.1 Å². The molecule has 0 unspecified atom stereocenters. The Bertz CT molecular complexity index is 773. The van der Waals surface area contributed by atoms with Crippen molar-refractivity contribution in [1.29, 1.82) is 0 Å². The summed E-state index contributed by atoms with van der Waals surface area (Å²) in [6, 6.07) is 11.0.